The summed E-state index contributed by atoms with van der Waals surface area (Å²) < 4.78 is 5.11. The van der Waals surface area contributed by atoms with Crippen molar-refractivity contribution in [3.63, 3.8) is 0 Å². The van der Waals surface area contributed by atoms with Crippen LogP contribution in [0.25, 0.3) is 11.1 Å². The largest absolute Gasteiger partial charge is 0.507 e. The first-order chi connectivity index (χ1) is 9.11. The summed E-state index contributed by atoms with van der Waals surface area (Å²) in [6.07, 6.45) is 0.315. The van der Waals surface area contributed by atoms with E-state index in [0.29, 0.717) is 12.0 Å². The van der Waals surface area contributed by atoms with Gasteiger partial charge in [0.2, 0.25) is 0 Å². The summed E-state index contributed by atoms with van der Waals surface area (Å²) in [5, 5.41) is 10.0. The van der Waals surface area contributed by atoms with E-state index in [2.05, 4.69) is 0 Å². The maximum absolute atomic E-state index is 11.3. The minimum atomic E-state index is 0.0698. The number of ether oxygens (including phenoxy) is 1. The lowest BCUT2D eigenvalue weighted by Crippen LogP contribution is -1.99. The Kier molecular flexibility index (Phi) is 3.85. The Labute approximate surface area is 112 Å². The molecule has 0 aromatic heterocycles. The van der Waals surface area contributed by atoms with Gasteiger partial charge in [0, 0.05) is 12.0 Å². The molecule has 2 aromatic carbocycles. The van der Waals surface area contributed by atoms with Gasteiger partial charge in [0.25, 0.3) is 0 Å². The number of aromatic hydroxyl groups is 1. The van der Waals surface area contributed by atoms with Crippen LogP contribution in [-0.4, -0.2) is 18.0 Å². The van der Waals surface area contributed by atoms with Crippen molar-refractivity contribution in [2.75, 3.05) is 7.11 Å². The minimum absolute atomic E-state index is 0.0698. The predicted molar refractivity (Wildman–Crippen MR) is 74.5 cm³/mol. The molecule has 0 spiro atoms. The molecule has 0 amide bonds. The first kappa shape index (κ1) is 13.1. The number of methoxy groups -OCH3 is 1. The van der Waals surface area contributed by atoms with E-state index >= 15 is 0 Å². The molecule has 0 unspecified atom stereocenters. The Morgan fingerprint density at radius 2 is 1.84 bits per heavy atom. The fraction of sp³-hybridized carbons (Fsp3) is 0.188. The molecule has 98 valence electrons. The molecule has 0 saturated carbocycles. The summed E-state index contributed by atoms with van der Waals surface area (Å²) in [4.78, 5) is 11.3. The average Bonchev–Trinajstić information content (AvgIpc) is 2.38. The van der Waals surface area contributed by atoms with Crippen molar-refractivity contribution in [2.45, 2.75) is 13.3 Å². The maximum atomic E-state index is 11.3. The third kappa shape index (κ3) is 2.94. The summed E-state index contributed by atoms with van der Waals surface area (Å²) in [7, 11) is 1.61. The molecule has 0 saturated heterocycles. The molecule has 3 heteroatoms. The topological polar surface area (TPSA) is 46.5 Å². The fourth-order valence-corrected chi connectivity index (χ4v) is 2.09. The first-order valence-corrected chi connectivity index (χ1v) is 6.06. The molecule has 1 N–H and O–H groups in total. The van der Waals surface area contributed by atoms with Gasteiger partial charge in [0.15, 0.2) is 0 Å². The van der Waals surface area contributed by atoms with Crippen molar-refractivity contribution in [1.29, 1.82) is 0 Å². The van der Waals surface area contributed by atoms with Gasteiger partial charge in [0.1, 0.15) is 17.3 Å². The summed E-state index contributed by atoms with van der Waals surface area (Å²) in [5.41, 5.74) is 2.41. The number of carbonyl (C=O) groups is 1. The van der Waals surface area contributed by atoms with Gasteiger partial charge in [-0.05, 0) is 36.2 Å². The molecule has 0 aliphatic carbocycles. The van der Waals surface area contributed by atoms with E-state index in [1.807, 2.05) is 30.3 Å². The van der Waals surface area contributed by atoms with Gasteiger partial charge in [-0.3, -0.25) is 4.79 Å². The van der Waals surface area contributed by atoms with Crippen molar-refractivity contribution in [1.82, 2.24) is 0 Å². The van der Waals surface area contributed by atoms with Gasteiger partial charge in [-0.25, -0.2) is 0 Å². The number of benzene rings is 2. The number of phenolic OH excluding ortho intramolecular Hbond substituents is 1. The number of Topliss-reactive ketones (excluding diaryl/α,β-unsaturated/α-hetero) is 1. The standard InChI is InChI=1S/C16H16O3/c1-11(17)10-13-4-3-5-15(18)16(13)12-6-8-14(19-2)9-7-12/h3-9,18H,10H2,1-2H3. The van der Waals surface area contributed by atoms with Crippen LogP contribution in [0.1, 0.15) is 12.5 Å². The van der Waals surface area contributed by atoms with Crippen LogP contribution in [0, 0.1) is 0 Å². The van der Waals surface area contributed by atoms with E-state index in [9.17, 15) is 9.90 Å². The third-order valence-electron chi connectivity index (χ3n) is 2.95. The Bertz CT molecular complexity index is 585. The Balaban J connectivity index is 2.49. The van der Waals surface area contributed by atoms with Crippen LogP contribution in [0.2, 0.25) is 0 Å². The highest BCUT2D eigenvalue weighted by Gasteiger charge is 2.11. The monoisotopic (exact) mass is 256 g/mol. The van der Waals surface area contributed by atoms with Crippen molar-refractivity contribution in [3.05, 3.63) is 48.0 Å². The van der Waals surface area contributed by atoms with Gasteiger partial charge in [-0.2, -0.15) is 0 Å². The second-order valence-electron chi connectivity index (χ2n) is 4.42. The Morgan fingerprint density at radius 1 is 1.16 bits per heavy atom. The van der Waals surface area contributed by atoms with Gasteiger partial charge < -0.3 is 9.84 Å². The number of hydrogen-bond acceptors (Lipinski definition) is 3. The molecule has 0 heterocycles. The van der Waals surface area contributed by atoms with Crippen LogP contribution in [0.5, 0.6) is 11.5 Å². The SMILES string of the molecule is COc1ccc(-c2c(O)cccc2CC(C)=O)cc1. The quantitative estimate of drug-likeness (QED) is 0.913. The maximum Gasteiger partial charge on any atom is 0.134 e. The van der Waals surface area contributed by atoms with Gasteiger partial charge in [-0.15, -0.1) is 0 Å². The lowest BCUT2D eigenvalue weighted by Gasteiger charge is -2.11. The molecular weight excluding hydrogens is 240 g/mol. The zero-order valence-corrected chi connectivity index (χ0v) is 11.0. The van der Waals surface area contributed by atoms with E-state index in [1.165, 1.54) is 0 Å². The third-order valence-corrected chi connectivity index (χ3v) is 2.95. The molecule has 19 heavy (non-hydrogen) atoms. The number of carbonyl (C=O) groups excluding carboxylic acids is 1. The normalized spacial score (nSPS) is 10.2. The van der Waals surface area contributed by atoms with Crippen LogP contribution in [0.15, 0.2) is 42.5 Å². The highest BCUT2D eigenvalue weighted by molar-refractivity contribution is 5.83. The van der Waals surface area contributed by atoms with Crippen molar-refractivity contribution in [3.8, 4) is 22.6 Å². The summed E-state index contributed by atoms with van der Waals surface area (Å²) in [5.74, 6) is 1.01. The average molecular weight is 256 g/mol. The van der Waals surface area contributed by atoms with Crippen molar-refractivity contribution >= 4 is 5.78 Å². The molecule has 0 atom stereocenters. The van der Waals surface area contributed by atoms with E-state index in [0.717, 1.165) is 16.9 Å². The lowest BCUT2D eigenvalue weighted by atomic mass is 9.95. The molecule has 3 nitrogen and oxygen atoms in total. The molecule has 0 radical (unpaired) electrons. The highest BCUT2D eigenvalue weighted by Crippen LogP contribution is 2.33. The van der Waals surface area contributed by atoms with E-state index in [-0.39, 0.29) is 11.5 Å². The van der Waals surface area contributed by atoms with Gasteiger partial charge in [0.05, 0.1) is 7.11 Å². The van der Waals surface area contributed by atoms with Crippen molar-refractivity contribution < 1.29 is 14.6 Å². The molecule has 0 aliphatic rings. The van der Waals surface area contributed by atoms with Gasteiger partial charge in [-0.1, -0.05) is 24.3 Å². The minimum Gasteiger partial charge on any atom is -0.507 e. The fourth-order valence-electron chi connectivity index (χ4n) is 2.09. The Morgan fingerprint density at radius 3 is 2.42 bits per heavy atom. The second-order valence-corrected chi connectivity index (χ2v) is 4.42. The van der Waals surface area contributed by atoms with Crippen LogP contribution >= 0.6 is 0 Å². The molecular formula is C16H16O3. The summed E-state index contributed by atoms with van der Waals surface area (Å²) in [6, 6.07) is 12.7. The Hall–Kier alpha value is -2.29. The molecule has 2 rings (SSSR count). The van der Waals surface area contributed by atoms with Crippen LogP contribution in [0.3, 0.4) is 0 Å². The molecule has 2 aromatic rings. The summed E-state index contributed by atoms with van der Waals surface area (Å²) in [6.45, 7) is 1.54. The van der Waals surface area contributed by atoms with Crippen LogP contribution in [0.4, 0.5) is 0 Å². The molecule has 0 bridgehead atoms. The molecule has 0 aliphatic heterocycles. The number of ketones is 1. The van der Waals surface area contributed by atoms with Crippen LogP contribution < -0.4 is 4.74 Å². The van der Waals surface area contributed by atoms with Crippen molar-refractivity contribution in [2.24, 2.45) is 0 Å². The highest BCUT2D eigenvalue weighted by atomic mass is 16.5. The van der Waals surface area contributed by atoms with Crippen LogP contribution in [-0.2, 0) is 11.2 Å². The lowest BCUT2D eigenvalue weighted by molar-refractivity contribution is -0.116. The van der Waals surface area contributed by atoms with Gasteiger partial charge >= 0.3 is 0 Å². The zero-order chi connectivity index (χ0) is 13.8. The van der Waals surface area contributed by atoms with E-state index in [1.54, 1.807) is 26.2 Å². The zero-order valence-electron chi connectivity index (χ0n) is 11.0. The first-order valence-electron chi connectivity index (χ1n) is 6.06. The van der Waals surface area contributed by atoms with E-state index in [4.69, 9.17) is 4.74 Å². The number of hydrogen-bond donors (Lipinski definition) is 1. The summed E-state index contributed by atoms with van der Waals surface area (Å²) >= 11 is 0. The smallest absolute Gasteiger partial charge is 0.134 e. The molecule has 0 fully saturated rings. The predicted octanol–water partition coefficient (Wildman–Crippen LogP) is 3.20. The van der Waals surface area contributed by atoms with E-state index < -0.39 is 0 Å². The number of rotatable bonds is 4. The number of phenols is 1. The second kappa shape index (κ2) is 5.57.